The number of imide groups is 1. The second kappa shape index (κ2) is 6.52. The van der Waals surface area contributed by atoms with Gasteiger partial charge in [0.2, 0.25) is 0 Å². The molecule has 3 aromatic rings. The number of anilines is 1. The summed E-state index contributed by atoms with van der Waals surface area (Å²) in [6.45, 7) is 0.752. The van der Waals surface area contributed by atoms with E-state index in [4.69, 9.17) is 4.74 Å². The summed E-state index contributed by atoms with van der Waals surface area (Å²) < 4.78 is 5.20. The summed E-state index contributed by atoms with van der Waals surface area (Å²) in [6, 6.07) is 18.6. The van der Waals surface area contributed by atoms with Crippen LogP contribution in [0.4, 0.5) is 5.69 Å². The van der Waals surface area contributed by atoms with E-state index in [1.54, 1.807) is 19.2 Å². The molecule has 4 rings (SSSR count). The lowest BCUT2D eigenvalue weighted by molar-refractivity contribution is 0.0617. The van der Waals surface area contributed by atoms with E-state index in [9.17, 15) is 9.59 Å². The highest BCUT2D eigenvalue weighted by atomic mass is 16.5. The number of benzene rings is 3. The molecule has 0 aromatic heterocycles. The van der Waals surface area contributed by atoms with Crippen molar-refractivity contribution < 1.29 is 14.3 Å². The minimum Gasteiger partial charge on any atom is -0.497 e. The first-order valence-electron chi connectivity index (χ1n) is 8.45. The van der Waals surface area contributed by atoms with Gasteiger partial charge < -0.3 is 10.1 Å². The van der Waals surface area contributed by atoms with Crippen molar-refractivity contribution in [2.24, 2.45) is 0 Å². The minimum atomic E-state index is -0.244. The van der Waals surface area contributed by atoms with E-state index >= 15 is 0 Å². The Kier molecular flexibility index (Phi) is 4.05. The van der Waals surface area contributed by atoms with Crippen LogP contribution in [0.1, 0.15) is 20.7 Å². The SMILES string of the molecule is COc1cccc(NCCN2C(=O)c3cccc4cccc(c34)C2=O)c1. The maximum absolute atomic E-state index is 12.8. The average Bonchev–Trinajstić information content (AvgIpc) is 2.68. The molecule has 0 radical (unpaired) electrons. The van der Waals surface area contributed by atoms with Gasteiger partial charge in [-0.05, 0) is 29.7 Å². The number of nitrogens with one attached hydrogen (secondary N) is 1. The minimum absolute atomic E-state index is 0.244. The molecular formula is C21H18N2O3. The lowest BCUT2D eigenvalue weighted by Gasteiger charge is -2.27. The lowest BCUT2D eigenvalue weighted by atomic mass is 9.94. The van der Waals surface area contributed by atoms with Crippen LogP contribution in [0.3, 0.4) is 0 Å². The van der Waals surface area contributed by atoms with Crippen LogP contribution in [-0.4, -0.2) is 36.9 Å². The third-order valence-corrected chi connectivity index (χ3v) is 4.59. The van der Waals surface area contributed by atoms with Gasteiger partial charge in [-0.2, -0.15) is 0 Å². The van der Waals surface area contributed by atoms with E-state index in [1.165, 1.54) is 4.90 Å². The molecular weight excluding hydrogens is 328 g/mol. The van der Waals surface area contributed by atoms with E-state index in [1.807, 2.05) is 48.5 Å². The molecule has 0 unspecified atom stereocenters. The van der Waals surface area contributed by atoms with E-state index < -0.39 is 0 Å². The van der Waals surface area contributed by atoms with Crippen LogP contribution < -0.4 is 10.1 Å². The van der Waals surface area contributed by atoms with Gasteiger partial charge >= 0.3 is 0 Å². The second-order valence-electron chi connectivity index (χ2n) is 6.13. The van der Waals surface area contributed by atoms with Gasteiger partial charge in [0.05, 0.1) is 7.11 Å². The molecule has 0 atom stereocenters. The first-order chi connectivity index (χ1) is 12.7. The standard InChI is InChI=1S/C21H18N2O3/c1-26-16-8-4-7-15(13-16)22-11-12-23-20(24)17-9-2-5-14-6-3-10-18(19(14)17)21(23)25/h2-10,13,22H,11-12H2,1H3. The van der Waals surface area contributed by atoms with Crippen molar-refractivity contribution in [2.75, 3.05) is 25.5 Å². The largest absolute Gasteiger partial charge is 0.497 e. The van der Waals surface area contributed by atoms with Gasteiger partial charge in [0, 0.05) is 41.4 Å². The molecule has 26 heavy (non-hydrogen) atoms. The van der Waals surface area contributed by atoms with E-state index in [2.05, 4.69) is 5.32 Å². The Hall–Kier alpha value is -3.34. The maximum Gasteiger partial charge on any atom is 0.261 e. The topological polar surface area (TPSA) is 58.6 Å². The molecule has 1 aliphatic rings. The Balaban J connectivity index is 1.55. The predicted molar refractivity (Wildman–Crippen MR) is 101 cm³/mol. The molecule has 0 aliphatic carbocycles. The van der Waals surface area contributed by atoms with Crippen molar-refractivity contribution in [1.29, 1.82) is 0 Å². The summed E-state index contributed by atoms with van der Waals surface area (Å²) in [5.41, 5.74) is 2.04. The van der Waals surface area contributed by atoms with Crippen LogP contribution in [0.15, 0.2) is 60.7 Å². The monoisotopic (exact) mass is 346 g/mol. The van der Waals surface area contributed by atoms with Crippen LogP contribution in [-0.2, 0) is 0 Å². The van der Waals surface area contributed by atoms with Crippen molar-refractivity contribution in [3.63, 3.8) is 0 Å². The van der Waals surface area contributed by atoms with Gasteiger partial charge in [-0.15, -0.1) is 0 Å². The molecule has 5 heteroatoms. The zero-order valence-electron chi connectivity index (χ0n) is 14.4. The van der Waals surface area contributed by atoms with Crippen molar-refractivity contribution >= 4 is 28.3 Å². The lowest BCUT2D eigenvalue weighted by Crippen LogP contribution is -2.42. The maximum atomic E-state index is 12.8. The summed E-state index contributed by atoms with van der Waals surface area (Å²) in [7, 11) is 1.61. The summed E-state index contributed by atoms with van der Waals surface area (Å²) in [5, 5.41) is 4.90. The van der Waals surface area contributed by atoms with Crippen molar-refractivity contribution in [3.8, 4) is 5.75 Å². The molecule has 0 bridgehead atoms. The summed E-state index contributed by atoms with van der Waals surface area (Å²) in [5.74, 6) is 0.263. The molecule has 0 spiro atoms. The first kappa shape index (κ1) is 16.1. The number of carbonyl (C=O) groups is 2. The number of rotatable bonds is 5. The third-order valence-electron chi connectivity index (χ3n) is 4.59. The fraction of sp³-hybridized carbons (Fsp3) is 0.143. The first-order valence-corrected chi connectivity index (χ1v) is 8.45. The second-order valence-corrected chi connectivity index (χ2v) is 6.13. The van der Waals surface area contributed by atoms with E-state index in [-0.39, 0.29) is 11.8 Å². The van der Waals surface area contributed by atoms with E-state index in [0.717, 1.165) is 22.2 Å². The number of carbonyl (C=O) groups excluding carboxylic acids is 2. The highest BCUT2D eigenvalue weighted by Gasteiger charge is 2.32. The van der Waals surface area contributed by atoms with Gasteiger partial charge in [0.25, 0.3) is 11.8 Å². The number of hydrogen-bond acceptors (Lipinski definition) is 4. The summed E-state index contributed by atoms with van der Waals surface area (Å²) >= 11 is 0. The van der Waals surface area contributed by atoms with Crippen LogP contribution >= 0.6 is 0 Å². The molecule has 130 valence electrons. The quantitative estimate of drug-likeness (QED) is 0.718. The number of nitrogens with zero attached hydrogens (tertiary/aromatic N) is 1. The number of amides is 2. The van der Waals surface area contributed by atoms with Crippen LogP contribution in [0.25, 0.3) is 10.8 Å². The Morgan fingerprint density at radius 2 is 1.58 bits per heavy atom. The molecule has 0 saturated heterocycles. The van der Waals surface area contributed by atoms with Crippen molar-refractivity contribution in [3.05, 3.63) is 71.8 Å². The molecule has 2 amide bonds. The molecule has 3 aromatic carbocycles. The number of methoxy groups -OCH3 is 1. The molecule has 1 heterocycles. The van der Waals surface area contributed by atoms with Crippen molar-refractivity contribution in [2.45, 2.75) is 0 Å². The van der Waals surface area contributed by atoms with Crippen LogP contribution in [0, 0.1) is 0 Å². The highest BCUT2D eigenvalue weighted by molar-refractivity contribution is 6.25. The molecule has 5 nitrogen and oxygen atoms in total. The summed E-state index contributed by atoms with van der Waals surface area (Å²) in [6.07, 6.45) is 0. The molecule has 1 aliphatic heterocycles. The fourth-order valence-electron chi connectivity index (χ4n) is 3.33. The zero-order valence-corrected chi connectivity index (χ0v) is 14.4. The average molecular weight is 346 g/mol. The third kappa shape index (κ3) is 2.67. The van der Waals surface area contributed by atoms with Crippen LogP contribution in [0.5, 0.6) is 5.75 Å². The Morgan fingerprint density at radius 3 is 2.23 bits per heavy atom. The number of ether oxygens (including phenoxy) is 1. The van der Waals surface area contributed by atoms with Gasteiger partial charge in [-0.25, -0.2) is 0 Å². The highest BCUT2D eigenvalue weighted by Crippen LogP contribution is 2.29. The van der Waals surface area contributed by atoms with Gasteiger partial charge in [-0.1, -0.05) is 30.3 Å². The zero-order chi connectivity index (χ0) is 18.1. The van der Waals surface area contributed by atoms with Crippen LogP contribution in [0.2, 0.25) is 0 Å². The Bertz CT molecular complexity index is 962. The Labute approximate surface area is 151 Å². The number of hydrogen-bond donors (Lipinski definition) is 1. The predicted octanol–water partition coefficient (Wildman–Crippen LogP) is 3.56. The fourth-order valence-corrected chi connectivity index (χ4v) is 3.33. The Morgan fingerprint density at radius 1 is 0.923 bits per heavy atom. The normalized spacial score (nSPS) is 13.2. The smallest absolute Gasteiger partial charge is 0.261 e. The molecule has 1 N–H and O–H groups in total. The van der Waals surface area contributed by atoms with E-state index in [0.29, 0.717) is 24.2 Å². The van der Waals surface area contributed by atoms with Gasteiger partial charge in [0.15, 0.2) is 0 Å². The summed E-state index contributed by atoms with van der Waals surface area (Å²) in [4.78, 5) is 26.9. The molecule has 0 fully saturated rings. The van der Waals surface area contributed by atoms with Crippen molar-refractivity contribution in [1.82, 2.24) is 4.90 Å². The van der Waals surface area contributed by atoms with Gasteiger partial charge in [0.1, 0.15) is 5.75 Å². The van der Waals surface area contributed by atoms with Gasteiger partial charge in [-0.3, -0.25) is 14.5 Å². The molecule has 0 saturated carbocycles.